The van der Waals surface area contributed by atoms with Gasteiger partial charge in [0, 0.05) is 25.8 Å². The third-order valence-electron chi connectivity index (χ3n) is 5.73. The third kappa shape index (κ3) is 2.70. The first-order valence-corrected chi connectivity index (χ1v) is 9.34. The van der Waals surface area contributed by atoms with Gasteiger partial charge >= 0.3 is 0 Å². The van der Waals surface area contributed by atoms with Crippen molar-refractivity contribution in [3.63, 3.8) is 0 Å². The highest BCUT2D eigenvalue weighted by Crippen LogP contribution is 2.39. The maximum atomic E-state index is 14.8. The van der Waals surface area contributed by atoms with Crippen LogP contribution in [-0.2, 0) is 4.79 Å². The molecule has 7 nitrogen and oxygen atoms in total. The van der Waals surface area contributed by atoms with Crippen LogP contribution in [0.4, 0.5) is 4.39 Å². The molecule has 2 fully saturated rings. The number of halogens is 1. The second-order valence-electron chi connectivity index (χ2n) is 7.39. The Balaban J connectivity index is 1.71. The summed E-state index contributed by atoms with van der Waals surface area (Å²) in [6.45, 7) is 3.00. The van der Waals surface area contributed by atoms with Gasteiger partial charge in [0.15, 0.2) is 5.69 Å². The van der Waals surface area contributed by atoms with Gasteiger partial charge in [-0.05, 0) is 50.3 Å². The highest BCUT2D eigenvalue weighted by atomic mass is 19.1. The molecule has 0 aliphatic carbocycles. The van der Waals surface area contributed by atoms with E-state index < -0.39 is 17.4 Å². The molecule has 0 bridgehead atoms. The molecule has 2 aliphatic heterocycles. The Bertz CT molecular complexity index is 910. The number of β-amino-alcohol motifs (C(OH)–C–C–N with tert-alkyl or cyclic N) is 1. The number of aromatic nitrogens is 2. The first-order valence-electron chi connectivity index (χ1n) is 9.34. The summed E-state index contributed by atoms with van der Waals surface area (Å²) in [6, 6.07) is 3.47. The molecule has 1 spiro atoms. The molecule has 2 aliphatic rings. The first-order chi connectivity index (χ1) is 13.0. The number of carbonyl (C=O) groups excluding carboxylic acids is 2. The van der Waals surface area contributed by atoms with Crippen LogP contribution in [0.2, 0.25) is 0 Å². The van der Waals surface area contributed by atoms with Gasteiger partial charge in [0.05, 0.1) is 6.61 Å². The Hall–Kier alpha value is -2.48. The quantitative estimate of drug-likeness (QED) is 0.880. The maximum absolute atomic E-state index is 14.8. The zero-order valence-electron chi connectivity index (χ0n) is 15.3. The lowest BCUT2D eigenvalue weighted by molar-refractivity contribution is -0.146. The number of aliphatic hydroxyl groups is 1. The summed E-state index contributed by atoms with van der Waals surface area (Å²) in [4.78, 5) is 33.6. The molecule has 1 atom stereocenters. The van der Waals surface area contributed by atoms with Crippen LogP contribution in [-0.4, -0.2) is 67.9 Å². The molecule has 2 saturated heterocycles. The summed E-state index contributed by atoms with van der Waals surface area (Å²) in [5, 5.41) is 9.22. The van der Waals surface area contributed by atoms with Crippen molar-refractivity contribution in [2.75, 3.05) is 26.2 Å². The van der Waals surface area contributed by atoms with Gasteiger partial charge in [0.25, 0.3) is 5.91 Å². The van der Waals surface area contributed by atoms with E-state index in [-0.39, 0.29) is 24.8 Å². The van der Waals surface area contributed by atoms with Crippen molar-refractivity contribution in [2.24, 2.45) is 0 Å². The molecule has 0 radical (unpaired) electrons. The van der Waals surface area contributed by atoms with Crippen LogP contribution >= 0.6 is 0 Å². The zero-order chi connectivity index (χ0) is 19.2. The van der Waals surface area contributed by atoms with Gasteiger partial charge in [-0.25, -0.2) is 4.98 Å². The number of carbonyl (C=O) groups is 2. The van der Waals surface area contributed by atoms with Crippen LogP contribution in [0.5, 0.6) is 0 Å². The van der Waals surface area contributed by atoms with Crippen molar-refractivity contribution in [1.29, 1.82) is 0 Å². The SMILES string of the molecule is Cc1ccn2c(F)c(C(=O)N3CCCC34CCCN(CCO)C4=O)nc2c1. The van der Waals surface area contributed by atoms with Crippen LogP contribution < -0.4 is 0 Å². The summed E-state index contributed by atoms with van der Waals surface area (Å²) in [7, 11) is 0. The lowest BCUT2D eigenvalue weighted by atomic mass is 9.85. The first kappa shape index (κ1) is 17.9. The molecule has 1 unspecified atom stereocenters. The molecule has 2 aromatic heterocycles. The van der Waals surface area contributed by atoms with E-state index in [9.17, 15) is 19.1 Å². The monoisotopic (exact) mass is 374 g/mol. The van der Waals surface area contributed by atoms with Gasteiger partial charge in [-0.1, -0.05) is 0 Å². The van der Waals surface area contributed by atoms with Crippen LogP contribution in [0, 0.1) is 12.9 Å². The smallest absolute Gasteiger partial charge is 0.278 e. The largest absolute Gasteiger partial charge is 0.395 e. The van der Waals surface area contributed by atoms with Crippen LogP contribution in [0.1, 0.15) is 41.7 Å². The number of aliphatic hydroxyl groups excluding tert-OH is 1. The van der Waals surface area contributed by atoms with Crippen LogP contribution in [0.3, 0.4) is 0 Å². The fourth-order valence-electron chi connectivity index (χ4n) is 4.44. The number of imidazole rings is 1. The molecule has 1 N–H and O–H groups in total. The van der Waals surface area contributed by atoms with E-state index in [2.05, 4.69) is 4.98 Å². The minimum Gasteiger partial charge on any atom is -0.395 e. The van der Waals surface area contributed by atoms with E-state index in [1.165, 1.54) is 9.30 Å². The molecule has 27 heavy (non-hydrogen) atoms. The van der Waals surface area contributed by atoms with Gasteiger partial charge in [-0.3, -0.25) is 14.0 Å². The van der Waals surface area contributed by atoms with E-state index in [0.717, 1.165) is 12.0 Å². The second-order valence-corrected chi connectivity index (χ2v) is 7.39. The molecule has 8 heteroatoms. The predicted octanol–water partition coefficient (Wildman–Crippen LogP) is 1.37. The topological polar surface area (TPSA) is 78.1 Å². The Labute approximate surface area is 156 Å². The van der Waals surface area contributed by atoms with Crippen molar-refractivity contribution in [2.45, 2.75) is 38.1 Å². The highest BCUT2D eigenvalue weighted by Gasteiger charge is 2.53. The molecular weight excluding hydrogens is 351 g/mol. The summed E-state index contributed by atoms with van der Waals surface area (Å²) in [5.41, 5.74) is 0.115. The molecule has 2 aromatic rings. The maximum Gasteiger partial charge on any atom is 0.278 e. The number of hydrogen-bond donors (Lipinski definition) is 1. The number of aryl methyl sites for hydroxylation is 1. The van der Waals surface area contributed by atoms with E-state index in [0.29, 0.717) is 38.0 Å². The number of hydrogen-bond acceptors (Lipinski definition) is 4. The standard InChI is InChI=1S/C19H23FN4O3/c1-13-4-9-23-14(12-13)21-15(16(23)20)17(26)24-8-3-6-19(24)5-2-7-22(10-11-25)18(19)27/h4,9,12,25H,2-3,5-8,10-11H2,1H3. The Kier molecular flexibility index (Phi) is 4.38. The average molecular weight is 374 g/mol. The van der Waals surface area contributed by atoms with Gasteiger partial charge in [0.1, 0.15) is 11.2 Å². The molecule has 2 amide bonds. The summed E-state index contributed by atoms with van der Waals surface area (Å²) < 4.78 is 16.1. The van der Waals surface area contributed by atoms with Gasteiger partial charge in [-0.2, -0.15) is 4.39 Å². The number of nitrogens with zero attached hydrogens (tertiary/aromatic N) is 4. The van der Waals surface area contributed by atoms with Crippen molar-refractivity contribution in [1.82, 2.24) is 19.2 Å². The molecule has 0 aromatic carbocycles. The molecular formula is C19H23FN4O3. The summed E-state index contributed by atoms with van der Waals surface area (Å²) in [5.74, 6) is -1.38. The Morgan fingerprint density at radius 3 is 2.81 bits per heavy atom. The molecule has 4 rings (SSSR count). The zero-order valence-corrected chi connectivity index (χ0v) is 15.3. The van der Waals surface area contributed by atoms with Crippen molar-refractivity contribution < 1.29 is 19.1 Å². The number of rotatable bonds is 3. The van der Waals surface area contributed by atoms with Crippen molar-refractivity contribution in [3.05, 3.63) is 35.5 Å². The Morgan fingerprint density at radius 2 is 2.07 bits per heavy atom. The van der Waals surface area contributed by atoms with E-state index in [4.69, 9.17) is 0 Å². The average Bonchev–Trinajstić information content (AvgIpc) is 3.21. The summed E-state index contributed by atoms with van der Waals surface area (Å²) in [6.07, 6.45) is 4.13. The van der Waals surface area contributed by atoms with Crippen molar-refractivity contribution in [3.8, 4) is 0 Å². The van der Waals surface area contributed by atoms with E-state index >= 15 is 0 Å². The number of piperidine rings is 1. The number of likely N-dealkylation sites (tertiary alicyclic amines) is 2. The molecule has 0 saturated carbocycles. The predicted molar refractivity (Wildman–Crippen MR) is 95.8 cm³/mol. The minimum atomic E-state index is -0.942. The van der Waals surface area contributed by atoms with Crippen LogP contribution in [0.15, 0.2) is 18.3 Å². The van der Waals surface area contributed by atoms with Crippen LogP contribution in [0.25, 0.3) is 5.65 Å². The lowest BCUT2D eigenvalue weighted by Crippen LogP contribution is -2.61. The third-order valence-corrected chi connectivity index (χ3v) is 5.73. The number of fused-ring (bicyclic) bond motifs is 1. The van der Waals surface area contributed by atoms with Gasteiger partial charge in [0.2, 0.25) is 11.9 Å². The lowest BCUT2D eigenvalue weighted by Gasteiger charge is -2.44. The Morgan fingerprint density at radius 1 is 1.33 bits per heavy atom. The van der Waals surface area contributed by atoms with Crippen molar-refractivity contribution >= 4 is 17.5 Å². The van der Waals surface area contributed by atoms with Gasteiger partial charge < -0.3 is 14.9 Å². The molecule has 144 valence electrons. The van der Waals surface area contributed by atoms with Gasteiger partial charge in [-0.15, -0.1) is 0 Å². The minimum absolute atomic E-state index is 0.115. The number of amides is 2. The summed E-state index contributed by atoms with van der Waals surface area (Å²) >= 11 is 0. The molecule has 4 heterocycles. The normalized spacial score (nSPS) is 23.0. The highest BCUT2D eigenvalue weighted by molar-refractivity contribution is 5.99. The second kappa shape index (κ2) is 6.60. The fraction of sp³-hybridized carbons (Fsp3) is 0.526. The van der Waals surface area contributed by atoms with E-state index in [1.807, 2.05) is 6.92 Å². The fourth-order valence-corrected chi connectivity index (χ4v) is 4.44. The number of pyridine rings is 1. The van der Waals surface area contributed by atoms with E-state index in [1.54, 1.807) is 23.2 Å².